The fraction of sp³-hybridized carbons (Fsp3) is 0.158. The summed E-state index contributed by atoms with van der Waals surface area (Å²) in [5, 5.41) is 6.62. The zero-order valence-electron chi connectivity index (χ0n) is 14.1. The molecule has 7 heteroatoms. The van der Waals surface area contributed by atoms with Gasteiger partial charge in [0.2, 0.25) is 0 Å². The number of nitrogens with zero attached hydrogens (tertiary/aromatic N) is 1. The van der Waals surface area contributed by atoms with Crippen molar-refractivity contribution in [1.82, 2.24) is 10.5 Å². The van der Waals surface area contributed by atoms with Crippen LogP contribution in [0.3, 0.4) is 0 Å². The van der Waals surface area contributed by atoms with Gasteiger partial charge in [0.1, 0.15) is 23.0 Å². The van der Waals surface area contributed by atoms with E-state index in [2.05, 4.69) is 10.5 Å². The van der Waals surface area contributed by atoms with Gasteiger partial charge in [-0.3, -0.25) is 4.79 Å². The molecular formula is C19H17FN2O4. The van der Waals surface area contributed by atoms with Gasteiger partial charge in [0.05, 0.1) is 13.7 Å². The van der Waals surface area contributed by atoms with Crippen molar-refractivity contribution in [2.45, 2.75) is 6.54 Å². The van der Waals surface area contributed by atoms with E-state index in [1.54, 1.807) is 13.2 Å². The summed E-state index contributed by atoms with van der Waals surface area (Å²) in [4.78, 5) is 11.8. The van der Waals surface area contributed by atoms with E-state index in [1.807, 2.05) is 24.3 Å². The lowest BCUT2D eigenvalue weighted by Gasteiger charge is -2.06. The number of amides is 1. The number of rotatable bonds is 7. The summed E-state index contributed by atoms with van der Waals surface area (Å²) in [6, 6.07) is 14.6. The van der Waals surface area contributed by atoms with E-state index in [9.17, 15) is 9.18 Å². The van der Waals surface area contributed by atoms with Gasteiger partial charge in [-0.15, -0.1) is 0 Å². The van der Waals surface area contributed by atoms with Crippen LogP contribution in [-0.2, 0) is 11.3 Å². The lowest BCUT2D eigenvalue weighted by atomic mass is 10.1. The van der Waals surface area contributed by atoms with Crippen molar-refractivity contribution in [3.05, 3.63) is 66.1 Å². The molecule has 1 heterocycles. The number of carbonyl (C=O) groups is 1. The maximum Gasteiger partial charge on any atom is 0.258 e. The van der Waals surface area contributed by atoms with E-state index in [1.165, 1.54) is 24.3 Å². The Bertz CT molecular complexity index is 877. The van der Waals surface area contributed by atoms with Gasteiger partial charge >= 0.3 is 0 Å². The smallest absolute Gasteiger partial charge is 0.258 e. The van der Waals surface area contributed by atoms with Gasteiger partial charge < -0.3 is 19.3 Å². The quantitative estimate of drug-likeness (QED) is 0.704. The van der Waals surface area contributed by atoms with E-state index in [-0.39, 0.29) is 24.9 Å². The molecule has 0 radical (unpaired) electrons. The van der Waals surface area contributed by atoms with Gasteiger partial charge in [-0.2, -0.15) is 0 Å². The van der Waals surface area contributed by atoms with E-state index in [4.69, 9.17) is 14.0 Å². The molecule has 0 atom stereocenters. The zero-order valence-corrected chi connectivity index (χ0v) is 14.1. The molecule has 0 bridgehead atoms. The molecule has 3 rings (SSSR count). The Morgan fingerprint density at radius 3 is 2.73 bits per heavy atom. The number of ether oxygens (including phenoxy) is 2. The maximum absolute atomic E-state index is 12.8. The van der Waals surface area contributed by atoms with Gasteiger partial charge in [0, 0.05) is 11.6 Å². The molecule has 134 valence electrons. The van der Waals surface area contributed by atoms with Crippen LogP contribution in [0.5, 0.6) is 11.5 Å². The van der Waals surface area contributed by atoms with Crippen LogP contribution < -0.4 is 14.8 Å². The van der Waals surface area contributed by atoms with Crippen LogP contribution in [0.2, 0.25) is 0 Å². The summed E-state index contributed by atoms with van der Waals surface area (Å²) in [5.41, 5.74) is 1.41. The predicted octanol–water partition coefficient (Wildman–Crippen LogP) is 3.18. The van der Waals surface area contributed by atoms with Crippen molar-refractivity contribution in [1.29, 1.82) is 0 Å². The molecule has 0 aliphatic carbocycles. The number of aromatic nitrogens is 1. The molecule has 6 nitrogen and oxygen atoms in total. The number of nitrogens with one attached hydrogen (secondary N) is 1. The summed E-state index contributed by atoms with van der Waals surface area (Å²) < 4.78 is 28.6. The Morgan fingerprint density at radius 1 is 1.15 bits per heavy atom. The Kier molecular flexibility index (Phi) is 5.48. The van der Waals surface area contributed by atoms with Crippen LogP contribution in [-0.4, -0.2) is 24.8 Å². The first-order chi connectivity index (χ1) is 12.6. The highest BCUT2D eigenvalue weighted by atomic mass is 19.1. The Labute approximate surface area is 149 Å². The maximum atomic E-state index is 12.8. The highest BCUT2D eigenvalue weighted by Gasteiger charge is 2.09. The topological polar surface area (TPSA) is 73.6 Å². The van der Waals surface area contributed by atoms with Crippen molar-refractivity contribution in [2.24, 2.45) is 0 Å². The Balaban J connectivity index is 1.51. The lowest BCUT2D eigenvalue weighted by Crippen LogP contribution is -2.28. The van der Waals surface area contributed by atoms with Crippen LogP contribution in [0.4, 0.5) is 4.39 Å². The van der Waals surface area contributed by atoms with E-state index in [0.29, 0.717) is 23.0 Å². The minimum atomic E-state index is -0.361. The summed E-state index contributed by atoms with van der Waals surface area (Å²) in [7, 11) is 1.59. The fourth-order valence-corrected chi connectivity index (χ4v) is 2.23. The lowest BCUT2D eigenvalue weighted by molar-refractivity contribution is -0.123. The number of halogens is 1. The Hall–Kier alpha value is -3.35. The first-order valence-electron chi connectivity index (χ1n) is 7.89. The minimum absolute atomic E-state index is 0.174. The van der Waals surface area contributed by atoms with Crippen LogP contribution in [0.15, 0.2) is 59.1 Å². The van der Waals surface area contributed by atoms with Crippen LogP contribution in [0.25, 0.3) is 11.3 Å². The third kappa shape index (κ3) is 4.60. The van der Waals surface area contributed by atoms with E-state index >= 15 is 0 Å². The van der Waals surface area contributed by atoms with Gasteiger partial charge in [-0.05, 0) is 36.4 Å². The average Bonchev–Trinajstić information content (AvgIpc) is 3.15. The summed E-state index contributed by atoms with van der Waals surface area (Å²) in [5.74, 6) is 1.03. The second kappa shape index (κ2) is 8.15. The van der Waals surface area contributed by atoms with Gasteiger partial charge in [-0.1, -0.05) is 17.3 Å². The molecular weight excluding hydrogens is 339 g/mol. The van der Waals surface area contributed by atoms with E-state index < -0.39 is 0 Å². The standard InChI is InChI=1S/C19H17FN2O4/c1-24-17-4-2-3-13(9-17)18-10-15(22-26-18)11-21-19(23)12-25-16-7-5-14(20)6-8-16/h2-10H,11-12H2,1H3,(H,21,23). The number of hydrogen-bond acceptors (Lipinski definition) is 5. The van der Waals surface area contributed by atoms with Gasteiger partial charge in [-0.25, -0.2) is 4.39 Å². The first-order valence-corrected chi connectivity index (χ1v) is 7.89. The number of methoxy groups -OCH3 is 1. The van der Waals surface area contributed by atoms with Crippen LogP contribution in [0, 0.1) is 5.82 Å². The van der Waals surface area contributed by atoms with Crippen LogP contribution >= 0.6 is 0 Å². The Morgan fingerprint density at radius 2 is 1.96 bits per heavy atom. The van der Waals surface area contributed by atoms with Crippen molar-refractivity contribution < 1.29 is 23.2 Å². The normalized spacial score (nSPS) is 10.4. The summed E-state index contributed by atoms with van der Waals surface area (Å²) in [6.07, 6.45) is 0. The molecule has 3 aromatic rings. The summed E-state index contributed by atoms with van der Waals surface area (Å²) >= 11 is 0. The molecule has 1 amide bonds. The fourth-order valence-electron chi connectivity index (χ4n) is 2.23. The minimum Gasteiger partial charge on any atom is -0.497 e. The molecule has 0 aliphatic heterocycles. The monoisotopic (exact) mass is 356 g/mol. The molecule has 0 aliphatic rings. The summed E-state index contributed by atoms with van der Waals surface area (Å²) in [6.45, 7) is 0.0330. The predicted molar refractivity (Wildman–Crippen MR) is 92.2 cm³/mol. The zero-order chi connectivity index (χ0) is 18.4. The highest BCUT2D eigenvalue weighted by molar-refractivity contribution is 5.77. The molecule has 0 fully saturated rings. The molecule has 0 unspecified atom stereocenters. The number of carbonyl (C=O) groups excluding carboxylic acids is 1. The first kappa shape index (κ1) is 17.5. The second-order valence-corrected chi connectivity index (χ2v) is 5.43. The van der Waals surface area contributed by atoms with Crippen molar-refractivity contribution >= 4 is 5.91 Å². The molecule has 0 saturated heterocycles. The molecule has 0 spiro atoms. The molecule has 0 saturated carbocycles. The molecule has 2 aromatic carbocycles. The van der Waals surface area contributed by atoms with Gasteiger partial charge in [0.15, 0.2) is 12.4 Å². The SMILES string of the molecule is COc1cccc(-c2cc(CNC(=O)COc3ccc(F)cc3)no2)c1. The van der Waals surface area contributed by atoms with Crippen molar-refractivity contribution in [3.63, 3.8) is 0 Å². The molecule has 1 aromatic heterocycles. The van der Waals surface area contributed by atoms with E-state index in [0.717, 1.165) is 5.56 Å². The largest absolute Gasteiger partial charge is 0.497 e. The number of hydrogen-bond donors (Lipinski definition) is 1. The average molecular weight is 356 g/mol. The highest BCUT2D eigenvalue weighted by Crippen LogP contribution is 2.24. The molecule has 1 N–H and O–H groups in total. The third-order valence-corrected chi connectivity index (χ3v) is 3.56. The number of benzene rings is 2. The van der Waals surface area contributed by atoms with Crippen molar-refractivity contribution in [3.8, 4) is 22.8 Å². The molecule has 26 heavy (non-hydrogen) atoms. The van der Waals surface area contributed by atoms with Crippen LogP contribution in [0.1, 0.15) is 5.69 Å². The second-order valence-electron chi connectivity index (χ2n) is 5.43. The third-order valence-electron chi connectivity index (χ3n) is 3.56. The van der Waals surface area contributed by atoms with Gasteiger partial charge in [0.25, 0.3) is 5.91 Å². The van der Waals surface area contributed by atoms with Crippen molar-refractivity contribution in [2.75, 3.05) is 13.7 Å².